The molecule has 1 saturated heterocycles. The van der Waals surface area contributed by atoms with E-state index in [1.54, 1.807) is 32.1 Å². The number of aromatic amines is 1. The van der Waals surface area contributed by atoms with Crippen molar-refractivity contribution in [3.63, 3.8) is 0 Å². The summed E-state index contributed by atoms with van der Waals surface area (Å²) in [6.07, 6.45) is 3.34. The lowest BCUT2D eigenvalue weighted by atomic mass is 10.0. The topological polar surface area (TPSA) is 107 Å². The first-order valence-electron chi connectivity index (χ1n) is 10.4. The molecule has 1 aromatic carbocycles. The molecule has 10 heteroatoms. The third-order valence-corrected chi connectivity index (χ3v) is 5.74. The van der Waals surface area contributed by atoms with E-state index in [0.29, 0.717) is 41.6 Å². The quantitative estimate of drug-likeness (QED) is 0.578. The molecule has 31 heavy (non-hydrogen) atoms. The van der Waals surface area contributed by atoms with Crippen LogP contribution in [0.5, 0.6) is 11.5 Å². The normalized spacial score (nSPS) is 15.8. The fourth-order valence-corrected chi connectivity index (χ4v) is 4.17. The van der Waals surface area contributed by atoms with E-state index < -0.39 is 0 Å². The van der Waals surface area contributed by atoms with Crippen molar-refractivity contribution in [3.8, 4) is 11.5 Å². The third-order valence-electron chi connectivity index (χ3n) is 5.74. The van der Waals surface area contributed by atoms with Crippen molar-refractivity contribution in [3.05, 3.63) is 39.9 Å². The van der Waals surface area contributed by atoms with Crippen LogP contribution in [-0.2, 0) is 11.3 Å². The number of pyridine rings is 1. The molecule has 0 spiro atoms. The van der Waals surface area contributed by atoms with Gasteiger partial charge >= 0.3 is 0 Å². The lowest BCUT2D eigenvalue weighted by molar-refractivity contribution is 0.163. The van der Waals surface area contributed by atoms with E-state index in [4.69, 9.17) is 14.2 Å². The predicted octanol–water partition coefficient (Wildman–Crippen LogP) is 1.75. The summed E-state index contributed by atoms with van der Waals surface area (Å²) >= 11 is 0. The molecule has 10 nitrogen and oxygen atoms in total. The average Bonchev–Trinajstić information content (AvgIpc) is 3.26. The van der Waals surface area contributed by atoms with Gasteiger partial charge in [-0.05, 0) is 48.5 Å². The van der Waals surface area contributed by atoms with Gasteiger partial charge in [-0.1, -0.05) is 6.42 Å². The number of nitrogens with zero attached hydrogens (tertiary/aromatic N) is 5. The highest BCUT2D eigenvalue weighted by Crippen LogP contribution is 2.33. The van der Waals surface area contributed by atoms with Crippen LogP contribution in [0.4, 0.5) is 0 Å². The molecule has 1 fully saturated rings. The van der Waals surface area contributed by atoms with Gasteiger partial charge in [0.15, 0.2) is 17.3 Å². The Bertz CT molecular complexity index is 1090. The number of hydrogen-bond acceptors (Lipinski definition) is 8. The van der Waals surface area contributed by atoms with E-state index in [0.717, 1.165) is 31.3 Å². The van der Waals surface area contributed by atoms with Crippen LogP contribution in [0.2, 0.25) is 0 Å². The standard InChI is InChI=1S/C21H28N6O4/c1-29-10-9-27-20(23-24-25-27)19(26-7-5-4-6-8-26)15-11-14-12-17(30-2)18(31-3)13-16(14)22-21(15)28/h11-13,19H,4-10H2,1-3H3,(H,22,28)/t19-/m0/s1. The highest BCUT2D eigenvalue weighted by atomic mass is 16.5. The first-order valence-corrected chi connectivity index (χ1v) is 10.4. The number of rotatable bonds is 8. The van der Waals surface area contributed by atoms with Gasteiger partial charge in [-0.15, -0.1) is 5.10 Å². The van der Waals surface area contributed by atoms with Gasteiger partial charge in [-0.2, -0.15) is 0 Å². The van der Waals surface area contributed by atoms with Crippen molar-refractivity contribution >= 4 is 10.9 Å². The van der Waals surface area contributed by atoms with Crippen molar-refractivity contribution in [1.29, 1.82) is 0 Å². The summed E-state index contributed by atoms with van der Waals surface area (Å²) in [4.78, 5) is 18.5. The minimum absolute atomic E-state index is 0.170. The molecule has 0 saturated carbocycles. The maximum Gasteiger partial charge on any atom is 0.253 e. The van der Waals surface area contributed by atoms with Gasteiger partial charge in [-0.3, -0.25) is 9.69 Å². The highest BCUT2D eigenvalue weighted by molar-refractivity contribution is 5.83. The van der Waals surface area contributed by atoms with Crippen LogP contribution in [0.15, 0.2) is 23.0 Å². The zero-order valence-electron chi connectivity index (χ0n) is 18.1. The van der Waals surface area contributed by atoms with Crippen molar-refractivity contribution in [2.75, 3.05) is 41.0 Å². The van der Waals surface area contributed by atoms with Crippen molar-refractivity contribution in [1.82, 2.24) is 30.1 Å². The maximum atomic E-state index is 13.2. The largest absolute Gasteiger partial charge is 0.493 e. The van der Waals surface area contributed by atoms with Crippen molar-refractivity contribution < 1.29 is 14.2 Å². The van der Waals surface area contributed by atoms with Gasteiger partial charge in [0.05, 0.1) is 32.9 Å². The van der Waals surface area contributed by atoms with Gasteiger partial charge in [0, 0.05) is 24.1 Å². The van der Waals surface area contributed by atoms with Crippen LogP contribution < -0.4 is 15.0 Å². The molecule has 2 aromatic heterocycles. The van der Waals surface area contributed by atoms with Crippen LogP contribution in [0.25, 0.3) is 10.9 Å². The molecule has 1 aliphatic rings. The molecular weight excluding hydrogens is 400 g/mol. The van der Waals surface area contributed by atoms with E-state index in [2.05, 4.69) is 25.4 Å². The Balaban J connectivity index is 1.85. The van der Waals surface area contributed by atoms with Crippen LogP contribution in [0, 0.1) is 0 Å². The van der Waals surface area contributed by atoms with E-state index in [1.807, 2.05) is 12.1 Å². The number of aromatic nitrogens is 5. The molecule has 0 amide bonds. The molecule has 1 N–H and O–H groups in total. The first-order chi connectivity index (χ1) is 15.2. The number of piperidine rings is 1. The summed E-state index contributed by atoms with van der Waals surface area (Å²) in [7, 11) is 4.81. The van der Waals surface area contributed by atoms with Crippen LogP contribution in [0.3, 0.4) is 0 Å². The SMILES string of the molecule is COCCn1nnnc1[C@H](c1cc2cc(OC)c(OC)cc2[nH]c1=O)N1CCCCC1. The molecule has 0 bridgehead atoms. The summed E-state index contributed by atoms with van der Waals surface area (Å²) in [5.41, 5.74) is 1.12. The number of methoxy groups -OCH3 is 3. The van der Waals surface area contributed by atoms with Gasteiger partial charge in [-0.25, -0.2) is 4.68 Å². The molecule has 1 atom stereocenters. The second-order valence-electron chi connectivity index (χ2n) is 7.60. The Kier molecular flexibility index (Phi) is 6.47. The number of ether oxygens (including phenoxy) is 3. The van der Waals surface area contributed by atoms with Crippen LogP contribution >= 0.6 is 0 Å². The van der Waals surface area contributed by atoms with Gasteiger partial charge in [0.1, 0.15) is 6.04 Å². The number of likely N-dealkylation sites (tertiary alicyclic amines) is 1. The predicted molar refractivity (Wildman–Crippen MR) is 115 cm³/mol. The zero-order chi connectivity index (χ0) is 21.8. The zero-order valence-corrected chi connectivity index (χ0v) is 18.1. The summed E-state index contributed by atoms with van der Waals surface area (Å²) in [6.45, 7) is 2.76. The number of hydrogen-bond donors (Lipinski definition) is 1. The smallest absolute Gasteiger partial charge is 0.253 e. The van der Waals surface area contributed by atoms with Gasteiger partial charge < -0.3 is 19.2 Å². The summed E-state index contributed by atoms with van der Waals surface area (Å²) < 4.78 is 17.8. The lowest BCUT2D eigenvalue weighted by Gasteiger charge is -2.33. The van der Waals surface area contributed by atoms with Gasteiger partial charge in [0.2, 0.25) is 0 Å². The minimum Gasteiger partial charge on any atom is -0.493 e. The van der Waals surface area contributed by atoms with Crippen LogP contribution in [-0.4, -0.2) is 71.1 Å². The van der Waals surface area contributed by atoms with Gasteiger partial charge in [0.25, 0.3) is 5.56 Å². The molecule has 0 aliphatic carbocycles. The van der Waals surface area contributed by atoms with Crippen LogP contribution in [0.1, 0.15) is 36.7 Å². The second-order valence-corrected chi connectivity index (χ2v) is 7.60. The molecule has 1 aliphatic heterocycles. The molecule has 0 unspecified atom stereocenters. The Morgan fingerprint density at radius 1 is 1.06 bits per heavy atom. The molecule has 0 radical (unpaired) electrons. The number of fused-ring (bicyclic) bond motifs is 1. The third kappa shape index (κ3) is 4.26. The monoisotopic (exact) mass is 428 g/mol. The molecule has 3 heterocycles. The maximum absolute atomic E-state index is 13.2. The Labute approximate surface area is 180 Å². The molecule has 166 valence electrons. The molecular formula is C21H28N6O4. The Morgan fingerprint density at radius 2 is 1.81 bits per heavy atom. The first kappa shape index (κ1) is 21.3. The summed E-state index contributed by atoms with van der Waals surface area (Å²) in [6, 6.07) is 5.20. The lowest BCUT2D eigenvalue weighted by Crippen LogP contribution is -2.38. The fourth-order valence-electron chi connectivity index (χ4n) is 4.17. The van der Waals surface area contributed by atoms with E-state index in [-0.39, 0.29) is 11.6 Å². The Hall–Kier alpha value is -2.98. The van der Waals surface area contributed by atoms with E-state index in [9.17, 15) is 4.79 Å². The average molecular weight is 428 g/mol. The number of tetrazole rings is 1. The van der Waals surface area contributed by atoms with Crippen molar-refractivity contribution in [2.24, 2.45) is 0 Å². The van der Waals surface area contributed by atoms with E-state index in [1.165, 1.54) is 6.42 Å². The molecule has 4 rings (SSSR count). The fraction of sp³-hybridized carbons (Fsp3) is 0.524. The van der Waals surface area contributed by atoms with E-state index >= 15 is 0 Å². The number of benzene rings is 1. The summed E-state index contributed by atoms with van der Waals surface area (Å²) in [5.74, 6) is 1.81. The highest BCUT2D eigenvalue weighted by Gasteiger charge is 2.31. The van der Waals surface area contributed by atoms with Crippen molar-refractivity contribution in [2.45, 2.75) is 31.8 Å². The Morgan fingerprint density at radius 3 is 2.52 bits per heavy atom. The minimum atomic E-state index is -0.353. The molecule has 3 aromatic rings. The second kappa shape index (κ2) is 9.44. The number of H-pyrrole nitrogens is 1. The summed E-state index contributed by atoms with van der Waals surface area (Å²) in [5, 5.41) is 13.2. The number of nitrogens with one attached hydrogen (secondary N) is 1.